The van der Waals surface area contributed by atoms with Crippen LogP contribution in [-0.4, -0.2) is 35.7 Å². The quantitative estimate of drug-likeness (QED) is 0.777. The maximum absolute atomic E-state index is 12.9. The molecule has 0 bridgehead atoms. The smallest absolute Gasteiger partial charge is 0.247 e. The summed E-state index contributed by atoms with van der Waals surface area (Å²) < 4.78 is 0. The molecule has 2 fully saturated rings. The van der Waals surface area contributed by atoms with Gasteiger partial charge in [-0.2, -0.15) is 0 Å². The van der Waals surface area contributed by atoms with E-state index in [9.17, 15) is 14.4 Å². The van der Waals surface area contributed by atoms with E-state index in [0.29, 0.717) is 6.54 Å². The molecule has 0 spiro atoms. The maximum Gasteiger partial charge on any atom is 0.247 e. The van der Waals surface area contributed by atoms with Crippen LogP contribution in [-0.2, 0) is 20.8 Å². The predicted molar refractivity (Wildman–Crippen MR) is 94.0 cm³/mol. The molecule has 2 aliphatic heterocycles. The van der Waals surface area contributed by atoms with Gasteiger partial charge in [-0.25, -0.2) is 0 Å². The van der Waals surface area contributed by atoms with E-state index in [1.807, 2.05) is 19.1 Å². The van der Waals surface area contributed by atoms with Crippen LogP contribution in [0.25, 0.3) is 0 Å². The normalized spacial score (nSPS) is 25.8. The largest absolute Gasteiger partial charge is 0.310 e. The Bertz CT molecular complexity index is 718. The average Bonchev–Trinajstić information content (AvgIpc) is 2.87. The van der Waals surface area contributed by atoms with Crippen LogP contribution in [0.3, 0.4) is 0 Å². The Morgan fingerprint density at radius 2 is 1.76 bits per heavy atom. The highest BCUT2D eigenvalue weighted by Gasteiger charge is 2.48. The molecular formula is C20H24N2O3. The van der Waals surface area contributed by atoms with E-state index >= 15 is 0 Å². The van der Waals surface area contributed by atoms with Crippen molar-refractivity contribution in [2.45, 2.75) is 45.4 Å². The lowest BCUT2D eigenvalue weighted by atomic mass is 9.81. The molecule has 1 aromatic rings. The summed E-state index contributed by atoms with van der Waals surface area (Å²) in [4.78, 5) is 41.2. The zero-order valence-corrected chi connectivity index (χ0v) is 14.7. The summed E-state index contributed by atoms with van der Waals surface area (Å²) in [6.07, 6.45) is 5.44. The summed E-state index contributed by atoms with van der Waals surface area (Å²) in [6.45, 7) is 2.54. The van der Waals surface area contributed by atoms with Gasteiger partial charge in [0, 0.05) is 12.2 Å². The third-order valence-electron chi connectivity index (χ3n) is 5.95. The Kier molecular flexibility index (Phi) is 4.10. The summed E-state index contributed by atoms with van der Waals surface area (Å²) in [6, 6.07) is 6.08. The van der Waals surface area contributed by atoms with E-state index in [1.165, 1.54) is 10.5 Å². The van der Waals surface area contributed by atoms with Crippen LogP contribution in [0.15, 0.2) is 18.2 Å². The van der Waals surface area contributed by atoms with Gasteiger partial charge in [-0.15, -0.1) is 0 Å². The van der Waals surface area contributed by atoms with Crippen LogP contribution >= 0.6 is 0 Å². The highest BCUT2D eigenvalue weighted by Crippen LogP contribution is 2.38. The molecule has 1 saturated heterocycles. The molecule has 132 valence electrons. The first-order valence-corrected chi connectivity index (χ1v) is 9.32. The maximum atomic E-state index is 12.9. The minimum Gasteiger partial charge on any atom is -0.310 e. The Balaban J connectivity index is 1.56. The molecule has 0 N–H and O–H groups in total. The van der Waals surface area contributed by atoms with Gasteiger partial charge in [0.05, 0.1) is 11.8 Å². The number of fused-ring (bicyclic) bond motifs is 2. The van der Waals surface area contributed by atoms with Gasteiger partial charge in [0.15, 0.2) is 0 Å². The van der Waals surface area contributed by atoms with E-state index in [2.05, 4.69) is 6.07 Å². The van der Waals surface area contributed by atoms with Gasteiger partial charge in [-0.05, 0) is 43.7 Å². The SMILES string of the molecule is Cc1cccc2c1N(C(=O)CN1C(=O)C3CCCCC3C1=O)CCC2. The Labute approximate surface area is 148 Å². The second-order valence-corrected chi connectivity index (χ2v) is 7.49. The third kappa shape index (κ3) is 2.66. The highest BCUT2D eigenvalue weighted by atomic mass is 16.2. The summed E-state index contributed by atoms with van der Waals surface area (Å²) in [5.41, 5.74) is 3.21. The fraction of sp³-hybridized carbons (Fsp3) is 0.550. The van der Waals surface area contributed by atoms with Gasteiger partial charge < -0.3 is 4.90 Å². The molecule has 5 heteroatoms. The highest BCUT2D eigenvalue weighted by molar-refractivity contribution is 6.09. The first-order chi connectivity index (χ1) is 12.1. The molecule has 2 heterocycles. The van der Waals surface area contributed by atoms with E-state index in [-0.39, 0.29) is 36.1 Å². The van der Waals surface area contributed by atoms with Crippen molar-refractivity contribution in [1.82, 2.24) is 4.90 Å². The number of nitrogens with zero attached hydrogens (tertiary/aromatic N) is 2. The standard InChI is InChI=1S/C20H24N2O3/c1-13-6-4-7-14-8-5-11-21(18(13)14)17(23)12-22-19(24)15-9-2-3-10-16(15)20(22)25/h4,6-7,15-16H,2-3,5,8-12H2,1H3. The van der Waals surface area contributed by atoms with Crippen LogP contribution in [0.1, 0.15) is 43.2 Å². The Hall–Kier alpha value is -2.17. The lowest BCUT2D eigenvalue weighted by Crippen LogP contribution is -2.45. The minimum atomic E-state index is -0.190. The number of rotatable bonds is 2. The van der Waals surface area contributed by atoms with Crippen molar-refractivity contribution < 1.29 is 14.4 Å². The monoisotopic (exact) mass is 340 g/mol. The van der Waals surface area contributed by atoms with E-state index in [1.54, 1.807) is 4.90 Å². The molecule has 4 rings (SSSR count). The minimum absolute atomic E-state index is 0.113. The van der Waals surface area contributed by atoms with Crippen molar-refractivity contribution in [3.8, 4) is 0 Å². The number of likely N-dealkylation sites (tertiary alicyclic amines) is 1. The molecule has 0 radical (unpaired) electrons. The number of carbonyl (C=O) groups excluding carboxylic acids is 3. The predicted octanol–water partition coefficient (Wildman–Crippen LogP) is 2.45. The molecular weight excluding hydrogens is 316 g/mol. The average molecular weight is 340 g/mol. The second kappa shape index (κ2) is 6.28. The third-order valence-corrected chi connectivity index (χ3v) is 5.95. The van der Waals surface area contributed by atoms with Gasteiger partial charge >= 0.3 is 0 Å². The van der Waals surface area contributed by atoms with Crippen LogP contribution in [0.5, 0.6) is 0 Å². The number of imide groups is 1. The molecule has 3 aliphatic rings. The fourth-order valence-electron chi connectivity index (χ4n) is 4.70. The van der Waals surface area contributed by atoms with E-state index < -0.39 is 0 Å². The molecule has 1 aliphatic carbocycles. The van der Waals surface area contributed by atoms with Gasteiger partial charge in [-0.3, -0.25) is 19.3 Å². The topological polar surface area (TPSA) is 57.7 Å². The Morgan fingerprint density at radius 1 is 1.08 bits per heavy atom. The molecule has 0 aromatic heterocycles. The van der Waals surface area contributed by atoms with Crippen molar-refractivity contribution in [2.75, 3.05) is 18.0 Å². The summed E-state index contributed by atoms with van der Waals surface area (Å²) in [7, 11) is 0. The van der Waals surface area contributed by atoms with Crippen molar-refractivity contribution in [2.24, 2.45) is 11.8 Å². The molecule has 5 nitrogen and oxygen atoms in total. The summed E-state index contributed by atoms with van der Waals surface area (Å²) >= 11 is 0. The van der Waals surface area contributed by atoms with Crippen LogP contribution in [0.2, 0.25) is 0 Å². The molecule has 3 amide bonds. The molecule has 2 unspecified atom stereocenters. The second-order valence-electron chi connectivity index (χ2n) is 7.49. The fourth-order valence-corrected chi connectivity index (χ4v) is 4.70. The first-order valence-electron chi connectivity index (χ1n) is 9.32. The number of anilines is 1. The van der Waals surface area contributed by atoms with Gasteiger partial charge in [-0.1, -0.05) is 31.0 Å². The number of para-hydroxylation sites is 1. The van der Waals surface area contributed by atoms with Gasteiger partial charge in [0.1, 0.15) is 6.54 Å². The lowest BCUT2D eigenvalue weighted by Gasteiger charge is -2.32. The number of benzene rings is 1. The van der Waals surface area contributed by atoms with Crippen molar-refractivity contribution >= 4 is 23.4 Å². The number of hydrogen-bond acceptors (Lipinski definition) is 3. The molecule has 1 aromatic carbocycles. The molecule has 2 atom stereocenters. The Morgan fingerprint density at radius 3 is 2.44 bits per heavy atom. The number of hydrogen-bond donors (Lipinski definition) is 0. The van der Waals surface area contributed by atoms with Crippen molar-refractivity contribution in [3.63, 3.8) is 0 Å². The zero-order chi connectivity index (χ0) is 17.6. The van der Waals surface area contributed by atoms with Crippen LogP contribution < -0.4 is 4.90 Å². The van der Waals surface area contributed by atoms with Crippen molar-refractivity contribution in [1.29, 1.82) is 0 Å². The van der Waals surface area contributed by atoms with E-state index in [4.69, 9.17) is 0 Å². The number of carbonyl (C=O) groups is 3. The first kappa shape index (κ1) is 16.3. The number of aryl methyl sites for hydroxylation is 2. The van der Waals surface area contributed by atoms with Gasteiger partial charge in [0.25, 0.3) is 0 Å². The lowest BCUT2D eigenvalue weighted by molar-refractivity contribution is -0.143. The van der Waals surface area contributed by atoms with E-state index in [0.717, 1.165) is 49.8 Å². The van der Waals surface area contributed by atoms with Gasteiger partial charge in [0.2, 0.25) is 17.7 Å². The van der Waals surface area contributed by atoms with Crippen molar-refractivity contribution in [3.05, 3.63) is 29.3 Å². The summed E-state index contributed by atoms with van der Waals surface area (Å²) in [5, 5.41) is 0. The zero-order valence-electron chi connectivity index (χ0n) is 14.7. The summed E-state index contributed by atoms with van der Waals surface area (Å²) in [5.74, 6) is -0.792. The molecule has 25 heavy (non-hydrogen) atoms. The van der Waals surface area contributed by atoms with Crippen LogP contribution in [0.4, 0.5) is 5.69 Å². The van der Waals surface area contributed by atoms with Crippen LogP contribution in [0, 0.1) is 18.8 Å². The molecule has 1 saturated carbocycles. The number of amides is 3.